The molecule has 0 unspecified atom stereocenters. The molecule has 1 aromatic carbocycles. The largest absolute Gasteiger partial charge is 0.506 e. The topological polar surface area (TPSA) is 99.5 Å². The summed E-state index contributed by atoms with van der Waals surface area (Å²) in [6.07, 6.45) is 2.47. The number of aromatic nitrogens is 1. The molecule has 1 aromatic heterocycles. The van der Waals surface area contributed by atoms with Crippen molar-refractivity contribution >= 4 is 33.5 Å². The monoisotopic (exact) mass is 336 g/mol. The molecule has 20 heavy (non-hydrogen) atoms. The van der Waals surface area contributed by atoms with Crippen LogP contribution in [0.2, 0.25) is 0 Å². The molecule has 0 aliphatic carbocycles. The van der Waals surface area contributed by atoms with E-state index in [9.17, 15) is 14.7 Å². The molecule has 6 nitrogen and oxygen atoms in total. The van der Waals surface area contributed by atoms with Gasteiger partial charge in [-0.15, -0.1) is 0 Å². The van der Waals surface area contributed by atoms with Crippen molar-refractivity contribution in [3.05, 3.63) is 52.3 Å². The number of hydrogen-bond acceptors (Lipinski definition) is 4. The highest BCUT2D eigenvalue weighted by Gasteiger charge is 2.14. The van der Waals surface area contributed by atoms with Crippen LogP contribution >= 0.6 is 15.9 Å². The SMILES string of the molecule is O=C(Nc1ccc(Br)cc1C(=O)O)c1cncc(O)c1. The van der Waals surface area contributed by atoms with E-state index in [4.69, 9.17) is 5.11 Å². The van der Waals surface area contributed by atoms with Crippen molar-refractivity contribution in [1.82, 2.24) is 4.98 Å². The Morgan fingerprint density at radius 2 is 1.95 bits per heavy atom. The molecule has 1 amide bonds. The van der Waals surface area contributed by atoms with E-state index in [0.29, 0.717) is 4.47 Å². The first-order valence-corrected chi connectivity index (χ1v) is 6.25. The minimum atomic E-state index is -1.16. The number of carboxylic acids is 1. The van der Waals surface area contributed by atoms with Crippen molar-refractivity contribution in [2.24, 2.45) is 0 Å². The molecular formula is C13H9BrN2O4. The molecule has 0 saturated heterocycles. The molecule has 0 spiro atoms. The van der Waals surface area contributed by atoms with Crippen LogP contribution in [-0.4, -0.2) is 27.1 Å². The Hall–Kier alpha value is -2.41. The van der Waals surface area contributed by atoms with Gasteiger partial charge in [0, 0.05) is 10.7 Å². The third kappa shape index (κ3) is 3.12. The van der Waals surface area contributed by atoms with Gasteiger partial charge >= 0.3 is 5.97 Å². The Morgan fingerprint density at radius 3 is 2.60 bits per heavy atom. The zero-order valence-corrected chi connectivity index (χ0v) is 11.6. The van der Waals surface area contributed by atoms with E-state index in [1.54, 1.807) is 6.07 Å². The summed E-state index contributed by atoms with van der Waals surface area (Å²) in [5, 5.41) is 20.8. The van der Waals surface area contributed by atoms with Crippen molar-refractivity contribution < 1.29 is 19.8 Å². The summed E-state index contributed by atoms with van der Waals surface area (Å²) in [5.41, 5.74) is 0.249. The van der Waals surface area contributed by atoms with E-state index in [1.807, 2.05) is 0 Å². The second-order valence-electron chi connectivity index (χ2n) is 3.88. The highest BCUT2D eigenvalue weighted by Crippen LogP contribution is 2.22. The van der Waals surface area contributed by atoms with Gasteiger partial charge < -0.3 is 15.5 Å². The van der Waals surface area contributed by atoms with Crippen LogP contribution in [0, 0.1) is 0 Å². The number of amides is 1. The molecule has 102 valence electrons. The number of anilines is 1. The molecule has 0 atom stereocenters. The maximum absolute atomic E-state index is 12.0. The average Bonchev–Trinajstić information content (AvgIpc) is 2.40. The first kappa shape index (κ1) is 14.0. The first-order chi connectivity index (χ1) is 9.47. The number of carboxylic acid groups (broad SMARTS) is 1. The second-order valence-corrected chi connectivity index (χ2v) is 4.80. The van der Waals surface area contributed by atoms with Gasteiger partial charge in [0.2, 0.25) is 0 Å². The Bertz CT molecular complexity index is 688. The number of pyridine rings is 1. The summed E-state index contributed by atoms with van der Waals surface area (Å²) in [4.78, 5) is 26.8. The standard InChI is InChI=1S/C13H9BrN2O4/c14-8-1-2-11(10(4-8)13(19)20)16-12(18)7-3-9(17)6-15-5-7/h1-6,17H,(H,16,18)(H,19,20). The number of halogens is 1. The van der Waals surface area contributed by atoms with Gasteiger partial charge in [0.1, 0.15) is 5.75 Å². The summed E-state index contributed by atoms with van der Waals surface area (Å²) in [7, 11) is 0. The third-order valence-electron chi connectivity index (χ3n) is 2.45. The van der Waals surface area contributed by atoms with Gasteiger partial charge in [0.15, 0.2) is 0 Å². The van der Waals surface area contributed by atoms with E-state index in [1.165, 1.54) is 30.6 Å². The molecule has 0 aliphatic rings. The molecule has 0 aliphatic heterocycles. The van der Waals surface area contributed by atoms with Crippen LogP contribution < -0.4 is 5.32 Å². The van der Waals surface area contributed by atoms with Gasteiger partial charge in [-0.3, -0.25) is 9.78 Å². The minimum Gasteiger partial charge on any atom is -0.506 e. The number of benzene rings is 1. The van der Waals surface area contributed by atoms with Crippen molar-refractivity contribution in [2.75, 3.05) is 5.32 Å². The number of carbonyl (C=O) groups is 2. The van der Waals surface area contributed by atoms with Crippen LogP contribution in [0.25, 0.3) is 0 Å². The summed E-state index contributed by atoms with van der Waals surface area (Å²) >= 11 is 3.17. The van der Waals surface area contributed by atoms with Crippen LogP contribution in [0.4, 0.5) is 5.69 Å². The quantitative estimate of drug-likeness (QED) is 0.799. The fraction of sp³-hybridized carbons (Fsp3) is 0. The molecule has 3 N–H and O–H groups in total. The van der Waals surface area contributed by atoms with E-state index >= 15 is 0 Å². The van der Waals surface area contributed by atoms with Gasteiger partial charge in [-0.2, -0.15) is 0 Å². The zero-order valence-electron chi connectivity index (χ0n) is 10.0. The van der Waals surface area contributed by atoms with E-state index < -0.39 is 11.9 Å². The summed E-state index contributed by atoms with van der Waals surface area (Å²) in [6.45, 7) is 0. The molecular weight excluding hydrogens is 328 g/mol. The third-order valence-corrected chi connectivity index (χ3v) is 2.94. The fourth-order valence-electron chi connectivity index (χ4n) is 1.55. The van der Waals surface area contributed by atoms with Gasteiger partial charge in [-0.25, -0.2) is 4.79 Å². The normalized spacial score (nSPS) is 10.1. The maximum Gasteiger partial charge on any atom is 0.337 e. The molecule has 0 bridgehead atoms. The highest BCUT2D eigenvalue weighted by atomic mass is 79.9. The van der Waals surface area contributed by atoms with Crippen LogP contribution in [0.5, 0.6) is 5.75 Å². The van der Waals surface area contributed by atoms with Crippen molar-refractivity contribution in [1.29, 1.82) is 0 Å². The number of carbonyl (C=O) groups excluding carboxylic acids is 1. The van der Waals surface area contributed by atoms with Crippen molar-refractivity contribution in [3.63, 3.8) is 0 Å². The lowest BCUT2D eigenvalue weighted by Gasteiger charge is -2.09. The number of nitrogens with zero attached hydrogens (tertiary/aromatic N) is 1. The van der Waals surface area contributed by atoms with Crippen LogP contribution in [0.15, 0.2) is 41.1 Å². The number of aromatic carboxylic acids is 1. The Kier molecular flexibility index (Phi) is 3.99. The van der Waals surface area contributed by atoms with Gasteiger partial charge in [-0.1, -0.05) is 15.9 Å². The zero-order chi connectivity index (χ0) is 14.7. The van der Waals surface area contributed by atoms with Gasteiger partial charge in [-0.05, 0) is 24.3 Å². The fourth-order valence-corrected chi connectivity index (χ4v) is 1.91. The number of nitrogens with one attached hydrogen (secondary N) is 1. The van der Waals surface area contributed by atoms with E-state index in [-0.39, 0.29) is 22.6 Å². The Morgan fingerprint density at radius 1 is 1.20 bits per heavy atom. The Labute approximate surface area is 122 Å². The molecule has 0 radical (unpaired) electrons. The second kappa shape index (κ2) is 5.70. The number of rotatable bonds is 3. The molecule has 2 aromatic rings. The molecule has 2 rings (SSSR count). The van der Waals surface area contributed by atoms with Crippen LogP contribution in [0.1, 0.15) is 20.7 Å². The van der Waals surface area contributed by atoms with Gasteiger partial charge in [0.05, 0.1) is 23.0 Å². The molecule has 0 fully saturated rings. The number of aromatic hydroxyl groups is 1. The smallest absolute Gasteiger partial charge is 0.337 e. The van der Waals surface area contributed by atoms with Crippen LogP contribution in [0.3, 0.4) is 0 Å². The molecule has 7 heteroatoms. The molecule has 0 saturated carbocycles. The average molecular weight is 337 g/mol. The van der Waals surface area contributed by atoms with Crippen LogP contribution in [-0.2, 0) is 0 Å². The van der Waals surface area contributed by atoms with Crippen molar-refractivity contribution in [3.8, 4) is 5.75 Å². The van der Waals surface area contributed by atoms with Gasteiger partial charge in [0.25, 0.3) is 5.91 Å². The lowest BCUT2D eigenvalue weighted by Crippen LogP contribution is -2.15. The predicted octanol–water partition coefficient (Wildman–Crippen LogP) is 2.50. The maximum atomic E-state index is 12.0. The lowest BCUT2D eigenvalue weighted by molar-refractivity contribution is 0.0698. The summed E-state index contributed by atoms with van der Waals surface area (Å²) in [5.74, 6) is -1.86. The predicted molar refractivity (Wildman–Crippen MR) is 75.0 cm³/mol. The first-order valence-electron chi connectivity index (χ1n) is 5.45. The summed E-state index contributed by atoms with van der Waals surface area (Å²) in [6, 6.07) is 5.71. The van der Waals surface area contributed by atoms with Crippen molar-refractivity contribution in [2.45, 2.75) is 0 Å². The number of hydrogen-bond donors (Lipinski definition) is 3. The summed E-state index contributed by atoms with van der Waals surface area (Å²) < 4.78 is 0.590. The Balaban J connectivity index is 2.30. The van der Waals surface area contributed by atoms with E-state index in [0.717, 1.165) is 0 Å². The highest BCUT2D eigenvalue weighted by molar-refractivity contribution is 9.10. The minimum absolute atomic E-state index is 0.0409. The molecule has 1 heterocycles. The lowest BCUT2D eigenvalue weighted by atomic mass is 10.1. The van der Waals surface area contributed by atoms with E-state index in [2.05, 4.69) is 26.2 Å².